The van der Waals surface area contributed by atoms with E-state index in [0.717, 1.165) is 77.0 Å². The number of unbranched alkanes of at least 4 members (excludes halogenated alkanes) is 35. The zero-order valence-corrected chi connectivity index (χ0v) is 47.2. The van der Waals surface area contributed by atoms with Gasteiger partial charge in [-0.15, -0.1) is 0 Å². The van der Waals surface area contributed by atoms with Gasteiger partial charge < -0.3 is 14.2 Å². The fraction of sp³-hybridized carbons (Fsp3) is 0.800. The van der Waals surface area contributed by atoms with E-state index in [1.54, 1.807) is 0 Å². The van der Waals surface area contributed by atoms with Crippen LogP contribution in [0.25, 0.3) is 0 Å². The Kier molecular flexibility index (Phi) is 57.2. The van der Waals surface area contributed by atoms with E-state index in [-0.39, 0.29) is 37.5 Å². The Balaban J connectivity index is 4.36. The fourth-order valence-electron chi connectivity index (χ4n) is 8.90. The lowest BCUT2D eigenvalue weighted by Crippen LogP contribution is -2.30. The first-order valence-electron chi connectivity index (χ1n) is 30.8. The summed E-state index contributed by atoms with van der Waals surface area (Å²) in [6, 6.07) is 0. The van der Waals surface area contributed by atoms with Crippen LogP contribution in [-0.2, 0) is 28.6 Å². The van der Waals surface area contributed by atoms with Crippen molar-refractivity contribution in [2.45, 2.75) is 322 Å². The largest absolute Gasteiger partial charge is 0.462 e. The van der Waals surface area contributed by atoms with Crippen LogP contribution in [0, 0.1) is 0 Å². The topological polar surface area (TPSA) is 78.9 Å². The lowest BCUT2D eigenvalue weighted by molar-refractivity contribution is -0.167. The second kappa shape index (κ2) is 59.7. The van der Waals surface area contributed by atoms with Crippen molar-refractivity contribution in [3.63, 3.8) is 0 Å². The van der Waals surface area contributed by atoms with Gasteiger partial charge in [0.05, 0.1) is 0 Å². The molecule has 0 radical (unpaired) electrons. The summed E-state index contributed by atoms with van der Waals surface area (Å²) in [6.07, 6.45) is 75.1. The van der Waals surface area contributed by atoms with Crippen LogP contribution in [0.1, 0.15) is 316 Å². The number of carbonyl (C=O) groups excluding carboxylic acids is 3. The molecule has 0 heterocycles. The quantitative estimate of drug-likeness (QED) is 0.0261. The lowest BCUT2D eigenvalue weighted by atomic mass is 10.0. The third kappa shape index (κ3) is 57.9. The highest BCUT2D eigenvalue weighted by Crippen LogP contribution is 2.17. The molecule has 0 rings (SSSR count). The van der Waals surface area contributed by atoms with Crippen molar-refractivity contribution in [1.82, 2.24) is 0 Å². The summed E-state index contributed by atoms with van der Waals surface area (Å²) in [5.74, 6) is -0.920. The normalized spacial score (nSPS) is 12.4. The minimum absolute atomic E-state index is 0.0893. The molecule has 0 fully saturated rings. The predicted molar refractivity (Wildman–Crippen MR) is 307 cm³/mol. The van der Waals surface area contributed by atoms with E-state index in [1.165, 1.54) is 193 Å². The van der Waals surface area contributed by atoms with Crippen LogP contribution in [0.4, 0.5) is 0 Å². The molecule has 0 amide bonds. The minimum atomic E-state index is -0.796. The Hall–Kier alpha value is -2.89. The fourth-order valence-corrected chi connectivity index (χ4v) is 8.90. The maximum absolute atomic E-state index is 12.9. The van der Waals surface area contributed by atoms with Gasteiger partial charge in [0.15, 0.2) is 6.10 Å². The van der Waals surface area contributed by atoms with Crippen molar-refractivity contribution in [2.24, 2.45) is 0 Å². The first kappa shape index (κ1) is 68.1. The van der Waals surface area contributed by atoms with Gasteiger partial charge >= 0.3 is 17.9 Å². The summed E-state index contributed by atoms with van der Waals surface area (Å²) >= 11 is 0. The number of allylic oxidation sites excluding steroid dienone is 10. The third-order valence-corrected chi connectivity index (χ3v) is 13.5. The predicted octanol–water partition coefficient (Wildman–Crippen LogP) is 20.8. The first-order valence-corrected chi connectivity index (χ1v) is 30.8. The van der Waals surface area contributed by atoms with Gasteiger partial charge in [-0.1, -0.05) is 274 Å². The molecule has 0 saturated carbocycles. The van der Waals surface area contributed by atoms with E-state index in [2.05, 4.69) is 81.5 Å². The van der Waals surface area contributed by atoms with E-state index >= 15 is 0 Å². The molecule has 1 atom stereocenters. The standard InChI is InChI=1S/C65H116O6/c1-4-7-10-13-16-19-22-25-28-30-31-32-33-35-38-40-43-46-49-52-55-58-64(67)70-61-62(71-65(68)59-56-53-50-47-44-41-36-27-24-21-18-15-12-9-6-3)60-69-63(66)57-54-51-48-45-42-39-37-34-29-26-23-20-17-14-11-8-5-2/h9,12,18,21,26-27,29,36,44,47,62H,4-8,10-11,13-17,19-20,22-25,28,30-35,37-43,45-46,48-61H2,1-3H3/b12-9-,21-18-,29-26-,36-27-,47-44-/t62-/m1/s1. The first-order chi connectivity index (χ1) is 35.0. The van der Waals surface area contributed by atoms with Gasteiger partial charge in [-0.05, 0) is 83.5 Å². The summed E-state index contributed by atoms with van der Waals surface area (Å²) in [4.78, 5) is 38.2. The van der Waals surface area contributed by atoms with E-state index in [4.69, 9.17) is 14.2 Å². The molecule has 0 saturated heterocycles. The van der Waals surface area contributed by atoms with Gasteiger partial charge in [0.2, 0.25) is 0 Å². The molecular formula is C65H116O6. The minimum Gasteiger partial charge on any atom is -0.462 e. The molecule has 0 spiro atoms. The molecule has 0 aromatic heterocycles. The highest BCUT2D eigenvalue weighted by molar-refractivity contribution is 5.71. The monoisotopic (exact) mass is 993 g/mol. The molecule has 0 bridgehead atoms. The Bertz CT molecular complexity index is 1280. The number of esters is 3. The average molecular weight is 994 g/mol. The molecule has 0 aliphatic carbocycles. The maximum Gasteiger partial charge on any atom is 0.306 e. The Morgan fingerprint density at radius 3 is 0.901 bits per heavy atom. The Morgan fingerprint density at radius 1 is 0.296 bits per heavy atom. The summed E-state index contributed by atoms with van der Waals surface area (Å²) in [6.45, 7) is 6.53. The zero-order valence-electron chi connectivity index (χ0n) is 47.2. The maximum atomic E-state index is 12.9. The summed E-state index contributed by atoms with van der Waals surface area (Å²) < 4.78 is 16.9. The van der Waals surface area contributed by atoms with Crippen LogP contribution in [0.15, 0.2) is 60.8 Å². The van der Waals surface area contributed by atoms with Gasteiger partial charge in [0, 0.05) is 19.3 Å². The van der Waals surface area contributed by atoms with E-state index in [9.17, 15) is 14.4 Å². The van der Waals surface area contributed by atoms with Crippen LogP contribution < -0.4 is 0 Å². The van der Waals surface area contributed by atoms with Crippen molar-refractivity contribution in [2.75, 3.05) is 13.2 Å². The number of ether oxygens (including phenoxy) is 3. The summed E-state index contributed by atoms with van der Waals surface area (Å²) in [5, 5.41) is 0. The van der Waals surface area contributed by atoms with E-state index in [0.29, 0.717) is 19.3 Å². The highest BCUT2D eigenvalue weighted by Gasteiger charge is 2.19. The molecule has 0 aliphatic rings. The molecule has 0 aliphatic heterocycles. The average Bonchev–Trinajstić information content (AvgIpc) is 3.37. The third-order valence-electron chi connectivity index (χ3n) is 13.5. The molecule has 71 heavy (non-hydrogen) atoms. The number of rotatable bonds is 56. The number of hydrogen-bond acceptors (Lipinski definition) is 6. The van der Waals surface area contributed by atoms with Gasteiger partial charge in [-0.3, -0.25) is 14.4 Å². The van der Waals surface area contributed by atoms with Crippen LogP contribution in [0.5, 0.6) is 0 Å². The zero-order chi connectivity index (χ0) is 51.4. The molecule has 6 heteroatoms. The molecule has 412 valence electrons. The molecule has 0 N–H and O–H groups in total. The van der Waals surface area contributed by atoms with Gasteiger partial charge in [0.25, 0.3) is 0 Å². The molecule has 0 aromatic rings. The van der Waals surface area contributed by atoms with Crippen LogP contribution in [0.3, 0.4) is 0 Å². The van der Waals surface area contributed by atoms with Crippen LogP contribution in [-0.4, -0.2) is 37.2 Å². The van der Waals surface area contributed by atoms with Crippen molar-refractivity contribution in [3.8, 4) is 0 Å². The number of carbonyl (C=O) groups is 3. The second-order valence-electron chi connectivity index (χ2n) is 20.6. The van der Waals surface area contributed by atoms with Crippen molar-refractivity contribution < 1.29 is 28.6 Å². The van der Waals surface area contributed by atoms with Crippen molar-refractivity contribution >= 4 is 17.9 Å². The second-order valence-corrected chi connectivity index (χ2v) is 20.6. The SMILES string of the molecule is CC/C=C\C/C=C\C/C=C\C/C=C\CCCCC(=O)O[C@H](COC(=O)CCCCCCCCC/C=C\CCCCCCCC)COC(=O)CCCCCCCCCCCCCCCCCCCCCCC. The van der Waals surface area contributed by atoms with Crippen molar-refractivity contribution in [1.29, 1.82) is 0 Å². The number of hydrogen-bond donors (Lipinski definition) is 0. The summed E-state index contributed by atoms with van der Waals surface area (Å²) in [5.41, 5.74) is 0. The highest BCUT2D eigenvalue weighted by atomic mass is 16.6. The van der Waals surface area contributed by atoms with Gasteiger partial charge in [0.1, 0.15) is 13.2 Å². The Labute approximate surface area is 440 Å². The molecule has 6 nitrogen and oxygen atoms in total. The molecule has 0 aromatic carbocycles. The molecular weight excluding hydrogens is 877 g/mol. The van der Waals surface area contributed by atoms with Gasteiger partial charge in [-0.2, -0.15) is 0 Å². The van der Waals surface area contributed by atoms with E-state index in [1.807, 2.05) is 0 Å². The lowest BCUT2D eigenvalue weighted by Gasteiger charge is -2.18. The molecule has 0 unspecified atom stereocenters. The van der Waals surface area contributed by atoms with Crippen LogP contribution in [0.2, 0.25) is 0 Å². The van der Waals surface area contributed by atoms with E-state index < -0.39 is 6.10 Å². The summed E-state index contributed by atoms with van der Waals surface area (Å²) in [7, 11) is 0. The van der Waals surface area contributed by atoms with Gasteiger partial charge in [-0.25, -0.2) is 0 Å². The van der Waals surface area contributed by atoms with Crippen molar-refractivity contribution in [3.05, 3.63) is 60.8 Å². The Morgan fingerprint density at radius 2 is 0.549 bits per heavy atom. The van der Waals surface area contributed by atoms with Crippen LogP contribution >= 0.6 is 0 Å². The smallest absolute Gasteiger partial charge is 0.306 e.